The highest BCUT2D eigenvalue weighted by Crippen LogP contribution is 2.26. The number of nitrogens with one attached hydrogen (secondary N) is 1. The summed E-state index contributed by atoms with van der Waals surface area (Å²) in [7, 11) is 1.27. The van der Waals surface area contributed by atoms with Gasteiger partial charge in [-0.25, -0.2) is 14.4 Å². The van der Waals surface area contributed by atoms with Gasteiger partial charge in [0.25, 0.3) is 0 Å². The number of ether oxygens (including phenoxy) is 5. The van der Waals surface area contributed by atoms with E-state index in [1.807, 2.05) is 87.5 Å². The third kappa shape index (κ3) is 10.2. The van der Waals surface area contributed by atoms with Crippen molar-refractivity contribution in [3.8, 4) is 17.2 Å². The van der Waals surface area contributed by atoms with Gasteiger partial charge in [-0.15, -0.1) is 0 Å². The lowest BCUT2D eigenvalue weighted by Crippen LogP contribution is -2.44. The second kappa shape index (κ2) is 15.1. The molecule has 0 bridgehead atoms. The van der Waals surface area contributed by atoms with Crippen molar-refractivity contribution in [2.24, 2.45) is 0 Å². The number of hydrogen-bond acceptors (Lipinski definition) is 8. The van der Waals surface area contributed by atoms with E-state index in [0.717, 1.165) is 29.7 Å². The van der Waals surface area contributed by atoms with Gasteiger partial charge in [0.2, 0.25) is 0 Å². The monoisotopic (exact) mass is 604 g/mol. The molecule has 0 aromatic heterocycles. The van der Waals surface area contributed by atoms with Gasteiger partial charge in [-0.05, 0) is 68.3 Å². The fourth-order valence-electron chi connectivity index (χ4n) is 4.57. The normalized spacial score (nSPS) is 14.2. The van der Waals surface area contributed by atoms with Gasteiger partial charge in [0.15, 0.2) is 0 Å². The summed E-state index contributed by atoms with van der Waals surface area (Å²) in [6.07, 6.45) is 0.696. The van der Waals surface area contributed by atoms with E-state index in [1.165, 1.54) is 7.11 Å². The molecule has 3 aromatic rings. The van der Waals surface area contributed by atoms with Crippen LogP contribution in [0.25, 0.3) is 0 Å². The Morgan fingerprint density at radius 2 is 1.43 bits per heavy atom. The third-order valence-corrected chi connectivity index (χ3v) is 6.81. The summed E-state index contributed by atoms with van der Waals surface area (Å²) < 4.78 is 27.7. The molecule has 2 amide bonds. The van der Waals surface area contributed by atoms with Gasteiger partial charge in [0.1, 0.15) is 41.6 Å². The molecule has 1 atom stereocenters. The minimum absolute atomic E-state index is 0.0158. The second-order valence-electron chi connectivity index (χ2n) is 11.5. The van der Waals surface area contributed by atoms with E-state index >= 15 is 0 Å². The summed E-state index contributed by atoms with van der Waals surface area (Å²) >= 11 is 0. The molecule has 4 rings (SSSR count). The minimum atomic E-state index is -0.910. The first-order valence-corrected chi connectivity index (χ1v) is 14.6. The molecule has 234 valence electrons. The summed E-state index contributed by atoms with van der Waals surface area (Å²) in [5.41, 5.74) is 1.13. The number of amides is 2. The van der Waals surface area contributed by atoms with Crippen LogP contribution >= 0.6 is 0 Å². The highest BCUT2D eigenvalue weighted by Gasteiger charge is 2.28. The van der Waals surface area contributed by atoms with Crippen LogP contribution < -0.4 is 14.8 Å². The lowest BCUT2D eigenvalue weighted by molar-refractivity contribution is -0.143. The molecule has 10 nitrogen and oxygen atoms in total. The topological polar surface area (TPSA) is 113 Å². The Morgan fingerprint density at radius 3 is 2.02 bits per heavy atom. The highest BCUT2D eigenvalue weighted by molar-refractivity contribution is 5.81. The number of hydrogen-bond donors (Lipinski definition) is 1. The lowest BCUT2D eigenvalue weighted by atomic mass is 10.1. The first-order valence-electron chi connectivity index (χ1n) is 14.6. The van der Waals surface area contributed by atoms with Crippen molar-refractivity contribution in [2.75, 3.05) is 20.2 Å². The molecule has 1 unspecified atom stereocenters. The Bertz CT molecular complexity index is 1360. The van der Waals surface area contributed by atoms with Gasteiger partial charge in [-0.3, -0.25) is 0 Å². The fraction of sp³-hybridized carbons (Fsp3) is 0.382. The van der Waals surface area contributed by atoms with Crippen LogP contribution in [0.15, 0.2) is 78.9 Å². The molecule has 3 aromatic carbocycles. The van der Waals surface area contributed by atoms with Crippen molar-refractivity contribution in [3.05, 3.63) is 90.0 Å². The van der Waals surface area contributed by atoms with Crippen LogP contribution in [0, 0.1) is 0 Å². The SMILES string of the molecule is COC(=O)C(Cc1ccc(Oc2ccc(OC3CCN(C(=O)OC(C)(C)C)CC3)cc2)cc1)NC(=O)OCc1ccccc1. The molecule has 44 heavy (non-hydrogen) atoms. The van der Waals surface area contributed by atoms with Gasteiger partial charge >= 0.3 is 18.2 Å². The predicted molar refractivity (Wildman–Crippen MR) is 164 cm³/mol. The number of alkyl carbamates (subject to hydrolysis) is 1. The van der Waals surface area contributed by atoms with Gasteiger partial charge in [0.05, 0.1) is 7.11 Å². The summed E-state index contributed by atoms with van der Waals surface area (Å²) in [4.78, 5) is 38.7. The van der Waals surface area contributed by atoms with Crippen LogP contribution in [0.4, 0.5) is 9.59 Å². The zero-order valence-corrected chi connectivity index (χ0v) is 25.6. The van der Waals surface area contributed by atoms with E-state index in [0.29, 0.717) is 24.6 Å². The molecule has 10 heteroatoms. The van der Waals surface area contributed by atoms with Crippen molar-refractivity contribution in [3.63, 3.8) is 0 Å². The van der Waals surface area contributed by atoms with Crippen LogP contribution in [-0.2, 0) is 32.0 Å². The van der Waals surface area contributed by atoms with Crippen LogP contribution in [-0.4, -0.2) is 61.0 Å². The molecule has 1 fully saturated rings. The Kier molecular flexibility index (Phi) is 11.1. The maximum atomic E-state index is 12.3. The Balaban J connectivity index is 1.24. The first-order chi connectivity index (χ1) is 21.1. The maximum Gasteiger partial charge on any atom is 0.410 e. The number of esters is 1. The molecular formula is C34H40N2O8. The predicted octanol–water partition coefficient (Wildman–Crippen LogP) is 6.27. The molecule has 1 N–H and O–H groups in total. The van der Waals surface area contributed by atoms with Gasteiger partial charge < -0.3 is 33.9 Å². The van der Waals surface area contributed by atoms with Crippen LogP contribution in [0.5, 0.6) is 17.2 Å². The number of nitrogens with zero attached hydrogens (tertiary/aromatic N) is 1. The van der Waals surface area contributed by atoms with E-state index < -0.39 is 23.7 Å². The smallest absolute Gasteiger partial charge is 0.410 e. The molecule has 1 heterocycles. The average molecular weight is 605 g/mol. The van der Waals surface area contributed by atoms with Crippen molar-refractivity contribution >= 4 is 18.2 Å². The number of methoxy groups -OCH3 is 1. The lowest BCUT2D eigenvalue weighted by Gasteiger charge is -2.33. The summed E-state index contributed by atoms with van der Waals surface area (Å²) in [5, 5.41) is 2.59. The largest absolute Gasteiger partial charge is 0.490 e. The first kappa shape index (κ1) is 32.2. The van der Waals surface area contributed by atoms with Gasteiger partial charge in [0, 0.05) is 32.4 Å². The average Bonchev–Trinajstić information content (AvgIpc) is 3.01. The van der Waals surface area contributed by atoms with Crippen molar-refractivity contribution in [1.29, 1.82) is 0 Å². The molecule has 0 radical (unpaired) electrons. The summed E-state index contributed by atoms with van der Waals surface area (Å²) in [5.74, 6) is 1.41. The van der Waals surface area contributed by atoms with Crippen molar-refractivity contribution < 1.29 is 38.1 Å². The van der Waals surface area contributed by atoms with Gasteiger partial charge in [-0.1, -0.05) is 42.5 Å². The molecule has 0 saturated carbocycles. The molecular weight excluding hydrogens is 564 g/mol. The molecule has 1 saturated heterocycles. The number of benzene rings is 3. The van der Waals surface area contributed by atoms with Crippen LogP contribution in [0.1, 0.15) is 44.7 Å². The van der Waals surface area contributed by atoms with Crippen molar-refractivity contribution in [1.82, 2.24) is 10.2 Å². The Morgan fingerprint density at radius 1 is 0.841 bits per heavy atom. The summed E-state index contributed by atoms with van der Waals surface area (Å²) in [6, 6.07) is 23.0. The number of rotatable bonds is 10. The molecule has 1 aliphatic rings. The minimum Gasteiger partial charge on any atom is -0.490 e. The second-order valence-corrected chi connectivity index (χ2v) is 11.5. The number of likely N-dealkylation sites (tertiary alicyclic amines) is 1. The zero-order valence-electron chi connectivity index (χ0n) is 25.6. The Labute approximate surface area is 258 Å². The van der Waals surface area contributed by atoms with E-state index in [9.17, 15) is 14.4 Å². The fourth-order valence-corrected chi connectivity index (χ4v) is 4.57. The van der Waals surface area contributed by atoms with E-state index in [-0.39, 0.29) is 25.2 Å². The number of carbonyl (C=O) groups is 3. The van der Waals surface area contributed by atoms with Gasteiger partial charge in [-0.2, -0.15) is 0 Å². The number of carbonyl (C=O) groups excluding carboxylic acids is 3. The Hall–Kier alpha value is -4.73. The molecule has 0 spiro atoms. The van der Waals surface area contributed by atoms with E-state index in [2.05, 4.69) is 5.32 Å². The van der Waals surface area contributed by atoms with E-state index in [4.69, 9.17) is 23.7 Å². The zero-order chi connectivity index (χ0) is 31.5. The van der Waals surface area contributed by atoms with Crippen molar-refractivity contribution in [2.45, 2.75) is 64.4 Å². The molecule has 1 aliphatic heterocycles. The number of piperidine rings is 1. The van der Waals surface area contributed by atoms with Crippen LogP contribution in [0.2, 0.25) is 0 Å². The molecule has 0 aliphatic carbocycles. The standard InChI is InChI=1S/C34H40N2O8/c1-34(2,3)44-33(39)36-20-18-29(19-21-36)43-28-16-14-27(15-17-28)42-26-12-10-24(11-13-26)22-30(31(37)40-4)35-32(38)41-23-25-8-6-5-7-9-25/h5-17,29-30H,18-23H2,1-4H3,(H,35,38). The highest BCUT2D eigenvalue weighted by atomic mass is 16.6. The quantitative estimate of drug-likeness (QED) is 0.213. The summed E-state index contributed by atoms with van der Waals surface area (Å²) in [6.45, 7) is 6.85. The van der Waals surface area contributed by atoms with E-state index in [1.54, 1.807) is 17.0 Å². The third-order valence-electron chi connectivity index (χ3n) is 6.81. The van der Waals surface area contributed by atoms with Crippen LogP contribution in [0.3, 0.4) is 0 Å². The maximum absolute atomic E-state index is 12.3.